The van der Waals surface area contributed by atoms with Gasteiger partial charge in [0, 0.05) is 28.9 Å². The standard InChI is InChI=1S/C15H14O3S/c1-9(16)7-8-19-15-10(2)13(17)11-5-3-4-6-12(11)14(15)18/h3-6H,7-8H2,1-2H3. The van der Waals surface area contributed by atoms with Gasteiger partial charge in [0.05, 0.1) is 4.91 Å². The van der Waals surface area contributed by atoms with Crippen LogP contribution in [0.1, 0.15) is 41.0 Å². The van der Waals surface area contributed by atoms with Crippen molar-refractivity contribution in [1.29, 1.82) is 0 Å². The molecule has 0 saturated heterocycles. The van der Waals surface area contributed by atoms with E-state index in [-0.39, 0.29) is 17.3 Å². The van der Waals surface area contributed by atoms with Gasteiger partial charge < -0.3 is 0 Å². The molecular weight excluding hydrogens is 260 g/mol. The number of carbonyl (C=O) groups excluding carboxylic acids is 3. The minimum atomic E-state index is -0.110. The molecule has 0 aliphatic heterocycles. The third kappa shape index (κ3) is 2.68. The van der Waals surface area contributed by atoms with Gasteiger partial charge in [-0.1, -0.05) is 24.3 Å². The van der Waals surface area contributed by atoms with Crippen molar-refractivity contribution in [3.05, 3.63) is 45.9 Å². The Balaban J connectivity index is 2.29. The lowest BCUT2D eigenvalue weighted by Crippen LogP contribution is -2.19. The highest BCUT2D eigenvalue weighted by molar-refractivity contribution is 8.04. The van der Waals surface area contributed by atoms with Crippen molar-refractivity contribution in [2.75, 3.05) is 5.75 Å². The van der Waals surface area contributed by atoms with Crippen LogP contribution in [0, 0.1) is 0 Å². The fourth-order valence-corrected chi connectivity index (χ4v) is 3.09. The Morgan fingerprint density at radius 2 is 1.68 bits per heavy atom. The summed E-state index contributed by atoms with van der Waals surface area (Å²) in [4.78, 5) is 35.9. The second-order valence-corrected chi connectivity index (χ2v) is 5.56. The van der Waals surface area contributed by atoms with Gasteiger partial charge in [0.1, 0.15) is 5.78 Å². The normalized spacial score (nSPS) is 14.6. The molecule has 0 spiro atoms. The van der Waals surface area contributed by atoms with Crippen LogP contribution < -0.4 is 0 Å². The molecule has 0 amide bonds. The third-order valence-electron chi connectivity index (χ3n) is 3.00. The van der Waals surface area contributed by atoms with Crippen LogP contribution in [0.15, 0.2) is 34.7 Å². The predicted octanol–water partition coefficient (Wildman–Crippen LogP) is 3.05. The molecule has 0 bridgehead atoms. The molecule has 0 heterocycles. The number of Topliss-reactive ketones (excluding diaryl/α,β-unsaturated/α-hetero) is 3. The lowest BCUT2D eigenvalue weighted by molar-refractivity contribution is -0.116. The average Bonchev–Trinajstić information content (AvgIpc) is 2.40. The highest BCUT2D eigenvalue weighted by Gasteiger charge is 2.29. The number of hydrogen-bond acceptors (Lipinski definition) is 4. The highest BCUT2D eigenvalue weighted by Crippen LogP contribution is 2.32. The smallest absolute Gasteiger partial charge is 0.200 e. The molecule has 0 aromatic heterocycles. The number of carbonyl (C=O) groups is 3. The summed E-state index contributed by atoms with van der Waals surface area (Å²) in [6, 6.07) is 6.86. The van der Waals surface area contributed by atoms with Crippen LogP contribution in [0.25, 0.3) is 0 Å². The van der Waals surface area contributed by atoms with Crippen molar-refractivity contribution in [1.82, 2.24) is 0 Å². The molecule has 0 radical (unpaired) electrons. The van der Waals surface area contributed by atoms with E-state index in [4.69, 9.17) is 0 Å². The zero-order valence-electron chi connectivity index (χ0n) is 10.9. The van der Waals surface area contributed by atoms with E-state index in [1.165, 1.54) is 18.7 Å². The van der Waals surface area contributed by atoms with Gasteiger partial charge >= 0.3 is 0 Å². The van der Waals surface area contributed by atoms with Crippen molar-refractivity contribution in [3.8, 4) is 0 Å². The quantitative estimate of drug-likeness (QED) is 0.846. The summed E-state index contributed by atoms with van der Waals surface area (Å²) in [7, 11) is 0. The van der Waals surface area contributed by atoms with E-state index in [0.29, 0.717) is 33.8 Å². The highest BCUT2D eigenvalue weighted by atomic mass is 32.2. The Morgan fingerprint density at radius 3 is 2.26 bits per heavy atom. The fraction of sp³-hybridized carbons (Fsp3) is 0.267. The molecule has 3 nitrogen and oxygen atoms in total. The van der Waals surface area contributed by atoms with Gasteiger partial charge in [0.25, 0.3) is 0 Å². The molecule has 0 N–H and O–H groups in total. The van der Waals surface area contributed by atoms with Crippen LogP contribution in [0.4, 0.5) is 0 Å². The fourth-order valence-electron chi connectivity index (χ4n) is 1.95. The Bertz CT molecular complexity index is 599. The van der Waals surface area contributed by atoms with Gasteiger partial charge in [-0.05, 0) is 13.8 Å². The Labute approximate surface area is 116 Å². The van der Waals surface area contributed by atoms with Gasteiger partial charge in [-0.15, -0.1) is 11.8 Å². The summed E-state index contributed by atoms with van der Waals surface area (Å²) in [5, 5.41) is 0. The van der Waals surface area contributed by atoms with E-state index < -0.39 is 0 Å². The largest absolute Gasteiger partial charge is 0.300 e. The number of thioether (sulfide) groups is 1. The Morgan fingerprint density at radius 1 is 1.11 bits per heavy atom. The molecule has 1 aliphatic carbocycles. The first-order valence-electron chi connectivity index (χ1n) is 6.04. The second-order valence-electron chi connectivity index (χ2n) is 4.46. The van der Waals surface area contributed by atoms with E-state index in [1.807, 2.05) is 0 Å². The van der Waals surface area contributed by atoms with Crippen LogP contribution in [0.2, 0.25) is 0 Å². The van der Waals surface area contributed by atoms with E-state index in [9.17, 15) is 14.4 Å². The van der Waals surface area contributed by atoms with Gasteiger partial charge in [-0.3, -0.25) is 14.4 Å². The van der Waals surface area contributed by atoms with Gasteiger partial charge in [-0.2, -0.15) is 0 Å². The molecule has 0 atom stereocenters. The molecule has 1 aliphatic rings. The number of allylic oxidation sites excluding steroid dienone is 2. The number of hydrogen-bond donors (Lipinski definition) is 0. The Kier molecular flexibility index (Phi) is 4.00. The summed E-state index contributed by atoms with van der Waals surface area (Å²) < 4.78 is 0. The summed E-state index contributed by atoms with van der Waals surface area (Å²) in [6.45, 7) is 3.19. The van der Waals surface area contributed by atoms with Crippen LogP contribution in [0.5, 0.6) is 0 Å². The van der Waals surface area contributed by atoms with E-state index in [0.717, 1.165) is 0 Å². The zero-order valence-corrected chi connectivity index (χ0v) is 11.7. The first kappa shape index (κ1) is 13.7. The van der Waals surface area contributed by atoms with Gasteiger partial charge in [0.15, 0.2) is 11.6 Å². The number of rotatable bonds is 4. The molecule has 0 unspecified atom stereocenters. The summed E-state index contributed by atoms with van der Waals surface area (Å²) in [5.41, 5.74) is 1.42. The molecule has 2 rings (SSSR count). The minimum absolute atomic E-state index is 0.0840. The zero-order chi connectivity index (χ0) is 14.0. The number of fused-ring (bicyclic) bond motifs is 1. The summed E-state index contributed by atoms with van der Waals surface area (Å²) in [5.74, 6) is 0.408. The third-order valence-corrected chi connectivity index (χ3v) is 4.19. The second kappa shape index (κ2) is 5.53. The van der Waals surface area contributed by atoms with Crippen LogP contribution >= 0.6 is 11.8 Å². The van der Waals surface area contributed by atoms with Crippen LogP contribution in [0.3, 0.4) is 0 Å². The van der Waals surface area contributed by atoms with Crippen molar-refractivity contribution in [2.24, 2.45) is 0 Å². The van der Waals surface area contributed by atoms with Crippen molar-refractivity contribution >= 4 is 29.1 Å². The molecule has 0 fully saturated rings. The van der Waals surface area contributed by atoms with Crippen LogP contribution in [-0.2, 0) is 4.79 Å². The molecule has 1 aromatic carbocycles. The lowest BCUT2D eigenvalue weighted by atomic mass is 9.90. The van der Waals surface area contributed by atoms with E-state index in [2.05, 4.69) is 0 Å². The maximum absolute atomic E-state index is 12.3. The molecular formula is C15H14O3S. The molecule has 0 saturated carbocycles. The van der Waals surface area contributed by atoms with Gasteiger partial charge in [0.2, 0.25) is 0 Å². The summed E-state index contributed by atoms with van der Waals surface area (Å²) >= 11 is 1.30. The molecule has 98 valence electrons. The average molecular weight is 274 g/mol. The minimum Gasteiger partial charge on any atom is -0.300 e. The first-order chi connectivity index (χ1) is 9.02. The maximum Gasteiger partial charge on any atom is 0.200 e. The molecule has 4 heteroatoms. The monoisotopic (exact) mass is 274 g/mol. The molecule has 19 heavy (non-hydrogen) atoms. The van der Waals surface area contributed by atoms with Crippen LogP contribution in [-0.4, -0.2) is 23.1 Å². The van der Waals surface area contributed by atoms with Crippen molar-refractivity contribution in [3.63, 3.8) is 0 Å². The summed E-state index contributed by atoms with van der Waals surface area (Å²) in [6.07, 6.45) is 0.407. The number of benzene rings is 1. The molecule has 1 aromatic rings. The Hall–Kier alpha value is -1.68. The van der Waals surface area contributed by atoms with E-state index in [1.54, 1.807) is 31.2 Å². The topological polar surface area (TPSA) is 51.2 Å². The number of ketones is 3. The predicted molar refractivity (Wildman–Crippen MR) is 75.6 cm³/mol. The maximum atomic E-state index is 12.3. The van der Waals surface area contributed by atoms with Crippen molar-refractivity contribution < 1.29 is 14.4 Å². The SMILES string of the molecule is CC(=O)CCSC1=C(C)C(=O)c2ccccc2C1=O. The van der Waals surface area contributed by atoms with E-state index >= 15 is 0 Å². The lowest BCUT2D eigenvalue weighted by Gasteiger charge is -2.18. The van der Waals surface area contributed by atoms with Gasteiger partial charge in [-0.25, -0.2) is 0 Å². The van der Waals surface area contributed by atoms with Crippen molar-refractivity contribution in [2.45, 2.75) is 20.3 Å². The first-order valence-corrected chi connectivity index (χ1v) is 7.02.